The van der Waals surface area contributed by atoms with E-state index >= 15 is 0 Å². The minimum absolute atomic E-state index is 0.0463. The van der Waals surface area contributed by atoms with Gasteiger partial charge in [0.25, 0.3) is 5.91 Å². The van der Waals surface area contributed by atoms with Gasteiger partial charge in [-0.05, 0) is 55.3 Å². The SMILES string of the molecule is O=C(NCC(CCN1CCC(NC(=O)c2ccno2)C1)c1ccc(Cl)cc1)Nc1cc(Cl)cc(Cl)c1. The highest BCUT2D eigenvalue weighted by Crippen LogP contribution is 2.24. The number of amides is 3. The molecule has 11 heteroatoms. The van der Waals surface area contributed by atoms with Crippen LogP contribution in [0.4, 0.5) is 10.5 Å². The number of rotatable bonds is 9. The molecule has 3 N–H and O–H groups in total. The Balaban J connectivity index is 1.31. The molecule has 4 rings (SSSR count). The first kappa shape index (κ1) is 26.3. The summed E-state index contributed by atoms with van der Waals surface area (Å²) in [5.41, 5.74) is 1.60. The van der Waals surface area contributed by atoms with Crippen molar-refractivity contribution in [1.82, 2.24) is 20.7 Å². The molecule has 2 atom stereocenters. The molecule has 1 saturated heterocycles. The highest BCUT2D eigenvalue weighted by Gasteiger charge is 2.26. The third-order valence-electron chi connectivity index (χ3n) is 6.03. The average Bonchev–Trinajstić information content (AvgIpc) is 3.52. The third-order valence-corrected chi connectivity index (χ3v) is 6.72. The number of aromatic nitrogens is 1. The zero-order chi connectivity index (χ0) is 25.5. The van der Waals surface area contributed by atoms with Gasteiger partial charge in [-0.3, -0.25) is 4.79 Å². The summed E-state index contributed by atoms with van der Waals surface area (Å²) in [6, 6.07) is 13.8. The van der Waals surface area contributed by atoms with Gasteiger partial charge in [0, 0.05) is 58.4 Å². The van der Waals surface area contributed by atoms with Crippen molar-refractivity contribution < 1.29 is 14.1 Å². The smallest absolute Gasteiger partial charge is 0.319 e. The van der Waals surface area contributed by atoms with Crippen LogP contribution in [0.25, 0.3) is 0 Å². The Kier molecular flexibility index (Phi) is 9.09. The predicted octanol–water partition coefficient (Wildman–Crippen LogP) is 5.43. The molecule has 0 bridgehead atoms. The summed E-state index contributed by atoms with van der Waals surface area (Å²) >= 11 is 18.1. The number of benzene rings is 2. The molecule has 2 aromatic carbocycles. The van der Waals surface area contributed by atoms with Crippen molar-refractivity contribution in [3.63, 3.8) is 0 Å². The second-order valence-corrected chi connectivity index (χ2v) is 9.98. The van der Waals surface area contributed by atoms with Gasteiger partial charge in [-0.25, -0.2) is 4.79 Å². The minimum Gasteiger partial charge on any atom is -0.351 e. The van der Waals surface area contributed by atoms with E-state index < -0.39 is 0 Å². The number of hydrogen-bond donors (Lipinski definition) is 3. The number of anilines is 1. The molecule has 1 aliphatic heterocycles. The van der Waals surface area contributed by atoms with E-state index in [-0.39, 0.29) is 29.7 Å². The standard InChI is InChI=1S/C25H26Cl3N5O3/c26-18-3-1-16(2-4-18)17(14-29-25(35)32-22-12-19(27)11-20(28)13-22)6-9-33-10-7-21(15-33)31-24(34)23-5-8-30-36-23/h1-5,8,11-13,17,21H,6-7,9-10,14-15H2,(H,31,34)(H2,29,32,35). The summed E-state index contributed by atoms with van der Waals surface area (Å²) in [5, 5.41) is 13.8. The van der Waals surface area contributed by atoms with E-state index in [9.17, 15) is 9.59 Å². The number of halogens is 3. The van der Waals surface area contributed by atoms with Crippen molar-refractivity contribution in [3.8, 4) is 0 Å². The van der Waals surface area contributed by atoms with Crippen molar-refractivity contribution in [2.45, 2.75) is 24.8 Å². The molecule has 8 nitrogen and oxygen atoms in total. The lowest BCUT2D eigenvalue weighted by molar-refractivity contribution is 0.0900. The average molecular weight is 551 g/mol. The summed E-state index contributed by atoms with van der Waals surface area (Å²) in [7, 11) is 0. The van der Waals surface area contributed by atoms with Gasteiger partial charge in [-0.1, -0.05) is 52.1 Å². The molecule has 1 fully saturated rings. The Bertz CT molecular complexity index is 1150. The van der Waals surface area contributed by atoms with Crippen LogP contribution in [0.3, 0.4) is 0 Å². The summed E-state index contributed by atoms with van der Waals surface area (Å²) in [6.07, 6.45) is 3.12. The fraction of sp³-hybridized carbons (Fsp3) is 0.320. The number of carbonyl (C=O) groups is 2. The monoisotopic (exact) mass is 549 g/mol. The molecule has 2 heterocycles. The van der Waals surface area contributed by atoms with Gasteiger partial charge in [0.15, 0.2) is 0 Å². The molecule has 2 unspecified atom stereocenters. The van der Waals surface area contributed by atoms with Crippen molar-refractivity contribution in [2.75, 3.05) is 31.5 Å². The van der Waals surface area contributed by atoms with Crippen LogP contribution in [0.15, 0.2) is 59.3 Å². The van der Waals surface area contributed by atoms with Crippen LogP contribution in [0.5, 0.6) is 0 Å². The largest absolute Gasteiger partial charge is 0.351 e. The lowest BCUT2D eigenvalue weighted by Gasteiger charge is -2.22. The van der Waals surface area contributed by atoms with Gasteiger partial charge in [0.2, 0.25) is 5.76 Å². The zero-order valence-corrected chi connectivity index (χ0v) is 21.6. The molecule has 0 saturated carbocycles. The molecule has 36 heavy (non-hydrogen) atoms. The number of hydrogen-bond acceptors (Lipinski definition) is 5. The highest BCUT2D eigenvalue weighted by atomic mass is 35.5. The number of likely N-dealkylation sites (tertiary alicyclic amines) is 1. The van der Waals surface area contributed by atoms with Crippen molar-refractivity contribution in [1.29, 1.82) is 0 Å². The number of carbonyl (C=O) groups excluding carboxylic acids is 2. The maximum atomic E-state index is 12.5. The van der Waals surface area contributed by atoms with E-state index in [4.69, 9.17) is 39.3 Å². The van der Waals surface area contributed by atoms with Crippen LogP contribution in [0.2, 0.25) is 15.1 Å². The molecule has 1 aliphatic rings. The van der Waals surface area contributed by atoms with E-state index in [0.29, 0.717) is 27.3 Å². The van der Waals surface area contributed by atoms with Gasteiger partial charge in [0.1, 0.15) is 0 Å². The number of nitrogens with zero attached hydrogens (tertiary/aromatic N) is 2. The van der Waals surface area contributed by atoms with Crippen molar-refractivity contribution >= 4 is 52.4 Å². The van der Waals surface area contributed by atoms with Crippen LogP contribution in [-0.4, -0.2) is 54.2 Å². The number of urea groups is 1. The van der Waals surface area contributed by atoms with Crippen LogP contribution in [-0.2, 0) is 0 Å². The summed E-state index contributed by atoms with van der Waals surface area (Å²) in [5.74, 6) is 0.0223. The Hall–Kier alpha value is -2.78. The maximum Gasteiger partial charge on any atom is 0.319 e. The van der Waals surface area contributed by atoms with E-state index in [1.807, 2.05) is 24.3 Å². The summed E-state index contributed by atoms with van der Waals surface area (Å²) in [4.78, 5) is 27.1. The summed E-state index contributed by atoms with van der Waals surface area (Å²) in [6.45, 7) is 2.87. The lowest BCUT2D eigenvalue weighted by atomic mass is 9.95. The van der Waals surface area contributed by atoms with Crippen LogP contribution in [0.1, 0.15) is 34.9 Å². The minimum atomic E-state index is -0.344. The van der Waals surface area contributed by atoms with Crippen molar-refractivity contribution in [3.05, 3.63) is 81.1 Å². The molecule has 0 aliphatic carbocycles. The number of nitrogens with one attached hydrogen (secondary N) is 3. The first-order valence-corrected chi connectivity index (χ1v) is 12.7. The lowest BCUT2D eigenvalue weighted by Crippen LogP contribution is -2.37. The highest BCUT2D eigenvalue weighted by molar-refractivity contribution is 6.35. The zero-order valence-electron chi connectivity index (χ0n) is 19.3. The van der Waals surface area contributed by atoms with Gasteiger partial charge in [0.05, 0.1) is 6.20 Å². The maximum absolute atomic E-state index is 12.5. The third kappa shape index (κ3) is 7.61. The van der Waals surface area contributed by atoms with Gasteiger partial charge in [-0.2, -0.15) is 0 Å². The molecule has 0 spiro atoms. The Morgan fingerprint density at radius 2 is 1.81 bits per heavy atom. The molecular weight excluding hydrogens is 525 g/mol. The van der Waals surface area contributed by atoms with Crippen LogP contribution >= 0.6 is 34.8 Å². The summed E-state index contributed by atoms with van der Waals surface area (Å²) < 4.78 is 4.93. The molecule has 1 aromatic heterocycles. The Morgan fingerprint density at radius 1 is 1.06 bits per heavy atom. The van der Waals surface area contributed by atoms with Crippen molar-refractivity contribution in [2.24, 2.45) is 0 Å². The normalized spacial score (nSPS) is 16.5. The van der Waals surface area contributed by atoms with E-state index in [0.717, 1.165) is 38.0 Å². The molecule has 0 radical (unpaired) electrons. The van der Waals surface area contributed by atoms with E-state index in [1.54, 1.807) is 24.3 Å². The van der Waals surface area contributed by atoms with Gasteiger partial charge >= 0.3 is 6.03 Å². The Labute approximate surface area is 224 Å². The van der Waals surface area contributed by atoms with Crippen LogP contribution < -0.4 is 16.0 Å². The molecule has 3 amide bonds. The molecule has 3 aromatic rings. The van der Waals surface area contributed by atoms with E-state index in [1.165, 1.54) is 6.20 Å². The topological polar surface area (TPSA) is 99.5 Å². The van der Waals surface area contributed by atoms with E-state index in [2.05, 4.69) is 26.0 Å². The predicted molar refractivity (Wildman–Crippen MR) is 141 cm³/mol. The van der Waals surface area contributed by atoms with Gasteiger partial charge < -0.3 is 25.4 Å². The second kappa shape index (κ2) is 12.5. The quantitative estimate of drug-likeness (QED) is 0.330. The Morgan fingerprint density at radius 3 is 2.50 bits per heavy atom. The van der Waals surface area contributed by atoms with Crippen LogP contribution in [0, 0.1) is 0 Å². The van der Waals surface area contributed by atoms with Gasteiger partial charge in [-0.15, -0.1) is 0 Å². The first-order chi connectivity index (χ1) is 17.4. The fourth-order valence-corrected chi connectivity index (χ4v) is 4.87. The second-order valence-electron chi connectivity index (χ2n) is 8.67. The fourth-order valence-electron chi connectivity index (χ4n) is 4.22. The first-order valence-electron chi connectivity index (χ1n) is 11.6. The molecule has 190 valence electrons. The molecular formula is C25H26Cl3N5O3.